The first-order valence-electron chi connectivity index (χ1n) is 21.6. The van der Waals surface area contributed by atoms with E-state index in [4.69, 9.17) is 60.3 Å². The lowest BCUT2D eigenvalue weighted by molar-refractivity contribution is -0.0521. The molecule has 12 nitrogen and oxygen atoms in total. The molecule has 0 radical (unpaired) electrons. The Morgan fingerprint density at radius 3 is 1.42 bits per heavy atom. The van der Waals surface area contributed by atoms with Crippen LogP contribution in [0.5, 0.6) is 23.0 Å². The first-order valence-corrected chi connectivity index (χ1v) is 26.0. The second-order valence-electron chi connectivity index (χ2n) is 17.4. The van der Waals surface area contributed by atoms with Gasteiger partial charge >= 0.3 is 13.2 Å². The van der Waals surface area contributed by atoms with E-state index < -0.39 is 33.4 Å². The van der Waals surface area contributed by atoms with E-state index >= 15 is 0 Å². The zero-order valence-corrected chi connectivity index (χ0v) is 41.7. The lowest BCUT2D eigenvalue weighted by Crippen LogP contribution is -2.41. The molecule has 21 heteroatoms. The van der Waals surface area contributed by atoms with E-state index in [2.05, 4.69) is 53.3 Å². The number of nitrogens with zero attached hydrogens (tertiary/aromatic N) is 4. The number of pyridine rings is 2. The van der Waals surface area contributed by atoms with Gasteiger partial charge in [-0.2, -0.15) is 17.6 Å². The van der Waals surface area contributed by atoms with Gasteiger partial charge in [-0.1, -0.05) is 67.2 Å². The van der Waals surface area contributed by atoms with Gasteiger partial charge in [0.2, 0.25) is 0 Å². The fraction of sp³-hybridized carbons (Fsp3) is 0.478. The molecule has 0 spiro atoms. The standard InChI is InChI=1S/C26H34Cl2F2N2O4Si.C20H20Cl2F2N2O4/c1-26(2,3)37(4,5)35-12-6-11-32(23-19(27)14-31-15-20(23)28)24(33)18-9-10-21(36-25(29)30)22(13-18)34-16-17-7-8-17;21-14-9-25-10-15(22)18(14)26(6-1-7-27)19(28)13-4-5-16(30-20(23)24)17(8-13)29-11-12-2-3-12/h9-10,13-15,17,25H,6-8,11-12,16H2,1-5H3;4-5,8-10,12,20,27H,1-3,6-7,11H2. The average Bonchev–Trinajstić information content (AvgIpc) is 4.21. The minimum atomic E-state index is -3.02. The van der Waals surface area contributed by atoms with Crippen LogP contribution >= 0.6 is 46.4 Å². The van der Waals surface area contributed by atoms with Crippen LogP contribution in [0.15, 0.2) is 61.2 Å². The van der Waals surface area contributed by atoms with Crippen LogP contribution in [0.1, 0.15) is 80.0 Å². The van der Waals surface area contributed by atoms with Crippen LogP contribution in [-0.4, -0.2) is 87.9 Å². The highest BCUT2D eigenvalue weighted by Gasteiger charge is 2.37. The van der Waals surface area contributed by atoms with Gasteiger partial charge in [-0.25, -0.2) is 0 Å². The number of hydrogen-bond donors (Lipinski definition) is 1. The summed E-state index contributed by atoms with van der Waals surface area (Å²) in [7, 11) is -1.97. The third-order valence-corrected chi connectivity index (χ3v) is 16.8. The number of aliphatic hydroxyl groups is 1. The van der Waals surface area contributed by atoms with Crippen molar-refractivity contribution in [3.63, 3.8) is 0 Å². The second-order valence-corrected chi connectivity index (χ2v) is 23.9. The lowest BCUT2D eigenvalue weighted by atomic mass is 10.1. The fourth-order valence-electron chi connectivity index (χ4n) is 6.14. The molecule has 67 heavy (non-hydrogen) atoms. The fourth-order valence-corrected chi connectivity index (χ4v) is 8.37. The zero-order chi connectivity index (χ0) is 49.1. The number of anilines is 2. The minimum Gasteiger partial charge on any atom is -0.489 e. The van der Waals surface area contributed by atoms with Crippen LogP contribution in [0.25, 0.3) is 0 Å². The molecule has 4 aromatic rings. The summed E-state index contributed by atoms with van der Waals surface area (Å²) in [5, 5.41) is 10.0. The van der Waals surface area contributed by atoms with E-state index in [1.807, 2.05) is 0 Å². The number of amides is 2. The molecule has 2 aliphatic carbocycles. The summed E-state index contributed by atoms with van der Waals surface area (Å²) in [6, 6.07) is 8.14. The van der Waals surface area contributed by atoms with Gasteiger partial charge in [0, 0.05) is 62.2 Å². The second kappa shape index (κ2) is 24.4. The molecule has 2 heterocycles. The summed E-state index contributed by atoms with van der Waals surface area (Å²) in [6.45, 7) is 6.21. The maximum atomic E-state index is 13.7. The Labute approximate surface area is 408 Å². The van der Waals surface area contributed by atoms with Crippen molar-refractivity contribution in [1.82, 2.24) is 9.97 Å². The largest absolute Gasteiger partial charge is 0.489 e. The summed E-state index contributed by atoms with van der Waals surface area (Å²) in [6.07, 6.45) is 10.4. The minimum absolute atomic E-state index is 0.0547. The maximum Gasteiger partial charge on any atom is 0.387 e. The topological polar surface area (TPSA) is 133 Å². The smallest absolute Gasteiger partial charge is 0.387 e. The number of hydrogen-bond acceptors (Lipinski definition) is 10. The molecule has 366 valence electrons. The van der Waals surface area contributed by atoms with Crippen LogP contribution in [0.4, 0.5) is 28.9 Å². The molecule has 0 atom stereocenters. The summed E-state index contributed by atoms with van der Waals surface area (Å²) >= 11 is 25.2. The van der Waals surface area contributed by atoms with Gasteiger partial charge in [0.1, 0.15) is 0 Å². The number of aliphatic hydroxyl groups excluding tert-OH is 1. The van der Waals surface area contributed by atoms with Crippen molar-refractivity contribution in [2.45, 2.75) is 90.7 Å². The Bertz CT molecular complexity index is 2270. The normalized spacial score (nSPS) is 13.8. The Morgan fingerprint density at radius 2 is 1.07 bits per heavy atom. The molecule has 0 bridgehead atoms. The zero-order valence-electron chi connectivity index (χ0n) is 37.7. The number of alkyl halides is 4. The first kappa shape index (κ1) is 53.8. The first-order chi connectivity index (χ1) is 31.7. The van der Waals surface area contributed by atoms with Crippen LogP contribution < -0.4 is 28.7 Å². The SMILES string of the molecule is CC(C)(C)[Si](C)(C)OCCCN(C(=O)c1ccc(OC(F)F)c(OCC2CC2)c1)c1c(Cl)cncc1Cl.O=C(c1ccc(OC(F)F)c(OCC2CC2)c1)N(CCCO)c1c(Cl)cncc1Cl. The van der Waals surface area contributed by atoms with E-state index in [-0.39, 0.29) is 91.1 Å². The maximum absolute atomic E-state index is 13.7. The van der Waals surface area contributed by atoms with Crippen molar-refractivity contribution in [2.75, 3.05) is 49.3 Å². The molecular formula is C46H54Cl4F4N4O8Si. The monoisotopic (exact) mass is 1030 g/mol. The van der Waals surface area contributed by atoms with Crippen molar-refractivity contribution < 1.29 is 55.6 Å². The van der Waals surface area contributed by atoms with Gasteiger partial charge in [-0.3, -0.25) is 19.6 Å². The summed E-state index contributed by atoms with van der Waals surface area (Å²) in [4.78, 5) is 37.7. The summed E-state index contributed by atoms with van der Waals surface area (Å²) < 4.78 is 78.1. The van der Waals surface area contributed by atoms with Crippen molar-refractivity contribution in [1.29, 1.82) is 0 Å². The van der Waals surface area contributed by atoms with Crippen LogP contribution in [0, 0.1) is 11.8 Å². The van der Waals surface area contributed by atoms with E-state index in [0.29, 0.717) is 43.8 Å². The molecule has 2 amide bonds. The number of halogens is 8. The van der Waals surface area contributed by atoms with Crippen molar-refractivity contribution in [2.24, 2.45) is 11.8 Å². The Morgan fingerprint density at radius 1 is 0.687 bits per heavy atom. The summed E-state index contributed by atoms with van der Waals surface area (Å²) in [5.74, 6) is -0.274. The highest BCUT2D eigenvalue weighted by molar-refractivity contribution is 6.74. The summed E-state index contributed by atoms with van der Waals surface area (Å²) in [5.41, 5.74) is 0.968. The van der Waals surface area contributed by atoms with Gasteiger partial charge in [-0.15, -0.1) is 0 Å². The van der Waals surface area contributed by atoms with Crippen LogP contribution in [0.3, 0.4) is 0 Å². The molecule has 2 aromatic carbocycles. The van der Waals surface area contributed by atoms with Gasteiger partial charge in [0.05, 0.1) is 44.7 Å². The van der Waals surface area contributed by atoms with Gasteiger partial charge in [-0.05, 0) is 105 Å². The van der Waals surface area contributed by atoms with E-state index in [0.717, 1.165) is 25.7 Å². The number of carbonyl (C=O) groups is 2. The molecular weight excluding hydrogens is 982 g/mol. The number of ether oxygens (including phenoxy) is 4. The van der Waals surface area contributed by atoms with Gasteiger partial charge in [0.15, 0.2) is 31.3 Å². The molecule has 0 saturated heterocycles. The molecule has 0 unspecified atom stereocenters. The molecule has 1 N–H and O–H groups in total. The number of aromatic nitrogens is 2. The molecule has 2 aliphatic rings. The average molecular weight is 1040 g/mol. The molecule has 0 aliphatic heterocycles. The predicted octanol–water partition coefficient (Wildman–Crippen LogP) is 12.6. The highest BCUT2D eigenvalue weighted by atomic mass is 35.5. The van der Waals surface area contributed by atoms with Crippen LogP contribution in [0.2, 0.25) is 38.2 Å². The molecule has 2 aromatic heterocycles. The third kappa shape index (κ3) is 15.7. The Balaban J connectivity index is 0.000000256. The Hall–Kier alpha value is -4.10. The molecule has 2 fully saturated rings. The lowest BCUT2D eigenvalue weighted by Gasteiger charge is -2.36. The third-order valence-electron chi connectivity index (χ3n) is 11.2. The molecule has 2 saturated carbocycles. The predicted molar refractivity (Wildman–Crippen MR) is 254 cm³/mol. The Kier molecular flexibility index (Phi) is 19.6. The van der Waals surface area contributed by atoms with Gasteiger partial charge in [0.25, 0.3) is 11.8 Å². The highest BCUT2D eigenvalue weighted by Crippen LogP contribution is 2.40. The van der Waals surface area contributed by atoms with Crippen molar-refractivity contribution in [3.8, 4) is 23.0 Å². The molecule has 6 rings (SSSR count). The van der Waals surface area contributed by atoms with Gasteiger partial charge < -0.3 is 38.3 Å². The van der Waals surface area contributed by atoms with Crippen molar-refractivity contribution >= 4 is 77.9 Å². The van der Waals surface area contributed by atoms with E-state index in [1.54, 1.807) is 0 Å². The van der Waals surface area contributed by atoms with Crippen molar-refractivity contribution in [3.05, 3.63) is 92.4 Å². The van der Waals surface area contributed by atoms with Crippen LogP contribution in [-0.2, 0) is 4.43 Å². The van der Waals surface area contributed by atoms with E-state index in [1.165, 1.54) is 71.0 Å². The van der Waals surface area contributed by atoms with E-state index in [9.17, 15) is 32.3 Å². The number of benzene rings is 2. The quantitative estimate of drug-likeness (QED) is 0.0461. The number of rotatable bonds is 22. The number of carbonyl (C=O) groups excluding carboxylic acids is 2.